The average Bonchev–Trinajstić information content (AvgIpc) is 1.79. The summed E-state index contributed by atoms with van der Waals surface area (Å²) < 4.78 is 26.5. The van der Waals surface area contributed by atoms with Crippen molar-refractivity contribution in [2.24, 2.45) is 0 Å². The first-order valence-corrected chi connectivity index (χ1v) is 5.67. The van der Waals surface area contributed by atoms with Crippen LogP contribution < -0.4 is 4.72 Å². The van der Waals surface area contributed by atoms with E-state index in [1.807, 2.05) is 0 Å². The zero-order valence-electron chi connectivity index (χ0n) is 8.11. The second-order valence-corrected chi connectivity index (χ2v) is 5.74. The molecule has 78 valence electrons. The molecule has 1 heterocycles. The minimum Gasteiger partial charge on any atom is -0.387 e. The van der Waals surface area contributed by atoms with Crippen molar-refractivity contribution >= 4 is 10.2 Å². The summed E-state index contributed by atoms with van der Waals surface area (Å²) in [7, 11) is -3.37. The number of nitrogens with zero attached hydrogens (tertiary/aromatic N) is 1. The van der Waals surface area contributed by atoms with Crippen LogP contribution in [0.2, 0.25) is 0 Å². The predicted octanol–water partition coefficient (Wildman–Crippen LogP) is -0.704. The van der Waals surface area contributed by atoms with Gasteiger partial charge in [-0.05, 0) is 20.8 Å². The Bertz CT molecular complexity index is 276. The van der Waals surface area contributed by atoms with Gasteiger partial charge >= 0.3 is 0 Å². The van der Waals surface area contributed by atoms with E-state index in [0.717, 1.165) is 0 Å². The molecule has 1 rings (SSSR count). The van der Waals surface area contributed by atoms with Crippen LogP contribution in [0.3, 0.4) is 0 Å². The molecular weight excluding hydrogens is 192 g/mol. The molecule has 0 aliphatic carbocycles. The molecular formula is C7H16N2O3S. The Labute approximate surface area is 78.9 Å². The lowest BCUT2D eigenvalue weighted by Gasteiger charge is -2.42. The minimum absolute atomic E-state index is 0.115. The number of β-amino-alcohol motifs (C(OH)–C–C–N with tert-alkyl or cyclic N) is 1. The van der Waals surface area contributed by atoms with Gasteiger partial charge in [0.2, 0.25) is 0 Å². The van der Waals surface area contributed by atoms with Crippen molar-refractivity contribution in [1.82, 2.24) is 9.03 Å². The Kier molecular flexibility index (Phi) is 2.68. The predicted molar refractivity (Wildman–Crippen MR) is 49.4 cm³/mol. The summed E-state index contributed by atoms with van der Waals surface area (Å²) in [5.41, 5.74) is -0.855. The third-order valence-electron chi connectivity index (χ3n) is 1.76. The number of rotatable bonds is 3. The lowest BCUT2D eigenvalue weighted by molar-refractivity contribution is -0.0432. The van der Waals surface area contributed by atoms with Gasteiger partial charge in [0.05, 0.1) is 5.60 Å². The van der Waals surface area contributed by atoms with Crippen LogP contribution in [0.5, 0.6) is 0 Å². The maximum Gasteiger partial charge on any atom is 0.279 e. The summed E-state index contributed by atoms with van der Waals surface area (Å²) in [5, 5.41) is 9.35. The third-order valence-corrected chi connectivity index (χ3v) is 3.47. The quantitative estimate of drug-likeness (QED) is 0.644. The highest BCUT2D eigenvalue weighted by Gasteiger charge is 2.43. The van der Waals surface area contributed by atoms with Gasteiger partial charge in [0.25, 0.3) is 10.2 Å². The van der Waals surface area contributed by atoms with Crippen molar-refractivity contribution < 1.29 is 13.5 Å². The number of nitrogens with one attached hydrogen (secondary N) is 1. The van der Waals surface area contributed by atoms with Crippen LogP contribution in [0.4, 0.5) is 0 Å². The lowest BCUT2D eigenvalue weighted by atomic mass is 10.0. The van der Waals surface area contributed by atoms with E-state index in [1.165, 1.54) is 4.31 Å². The summed E-state index contributed by atoms with van der Waals surface area (Å²) in [6, 6.07) is -0.115. The normalized spacial score (nSPS) is 23.2. The van der Waals surface area contributed by atoms with E-state index < -0.39 is 15.8 Å². The summed E-state index contributed by atoms with van der Waals surface area (Å²) >= 11 is 0. The molecule has 0 atom stereocenters. The Hall–Kier alpha value is -0.170. The molecule has 6 heteroatoms. The van der Waals surface area contributed by atoms with Crippen molar-refractivity contribution in [2.45, 2.75) is 32.4 Å². The topological polar surface area (TPSA) is 69.6 Å². The largest absolute Gasteiger partial charge is 0.387 e. The molecule has 0 amide bonds. The number of hydrogen-bond acceptors (Lipinski definition) is 3. The van der Waals surface area contributed by atoms with Crippen LogP contribution in [-0.4, -0.2) is 42.6 Å². The van der Waals surface area contributed by atoms with Gasteiger partial charge in [-0.25, -0.2) is 0 Å². The highest BCUT2D eigenvalue weighted by molar-refractivity contribution is 7.87. The summed E-state index contributed by atoms with van der Waals surface area (Å²) in [6.45, 7) is 5.49. The average molecular weight is 208 g/mol. The van der Waals surface area contributed by atoms with Gasteiger partial charge in [0, 0.05) is 19.1 Å². The van der Waals surface area contributed by atoms with E-state index in [9.17, 15) is 13.5 Å². The van der Waals surface area contributed by atoms with Crippen LogP contribution in [0.15, 0.2) is 0 Å². The van der Waals surface area contributed by atoms with Gasteiger partial charge in [0.15, 0.2) is 0 Å². The fourth-order valence-electron chi connectivity index (χ4n) is 1.26. The standard InChI is InChI=1S/C7H16N2O3S/c1-6(2)8-13(11,12)9-4-7(3,10)5-9/h6,8,10H,4-5H2,1-3H3. The lowest BCUT2D eigenvalue weighted by Crippen LogP contribution is -2.64. The van der Waals surface area contributed by atoms with E-state index in [1.54, 1.807) is 20.8 Å². The maximum absolute atomic E-state index is 11.4. The highest BCUT2D eigenvalue weighted by atomic mass is 32.2. The van der Waals surface area contributed by atoms with Crippen molar-refractivity contribution in [3.63, 3.8) is 0 Å². The minimum atomic E-state index is -3.37. The molecule has 1 aliphatic heterocycles. The molecule has 0 saturated carbocycles. The van der Waals surface area contributed by atoms with Crippen molar-refractivity contribution in [3.8, 4) is 0 Å². The van der Waals surface area contributed by atoms with E-state index in [-0.39, 0.29) is 19.1 Å². The summed E-state index contributed by atoms with van der Waals surface area (Å²) in [5.74, 6) is 0. The van der Waals surface area contributed by atoms with Crippen LogP contribution in [0.1, 0.15) is 20.8 Å². The first-order chi connectivity index (χ1) is 5.73. The molecule has 13 heavy (non-hydrogen) atoms. The van der Waals surface area contributed by atoms with E-state index in [4.69, 9.17) is 0 Å². The molecule has 0 aromatic rings. The fraction of sp³-hybridized carbons (Fsp3) is 1.00. The van der Waals surface area contributed by atoms with E-state index >= 15 is 0 Å². The van der Waals surface area contributed by atoms with Crippen LogP contribution in [0.25, 0.3) is 0 Å². The molecule has 0 spiro atoms. The third kappa shape index (κ3) is 2.63. The van der Waals surface area contributed by atoms with E-state index in [2.05, 4.69) is 4.72 Å². The smallest absolute Gasteiger partial charge is 0.279 e. The number of aliphatic hydroxyl groups is 1. The van der Waals surface area contributed by atoms with Gasteiger partial charge in [0.1, 0.15) is 0 Å². The Morgan fingerprint density at radius 1 is 1.46 bits per heavy atom. The van der Waals surface area contributed by atoms with Gasteiger partial charge in [-0.1, -0.05) is 0 Å². The first kappa shape index (κ1) is 10.9. The second-order valence-electron chi connectivity index (χ2n) is 4.04. The Morgan fingerprint density at radius 3 is 2.23 bits per heavy atom. The zero-order valence-corrected chi connectivity index (χ0v) is 8.93. The molecule has 2 N–H and O–H groups in total. The van der Waals surface area contributed by atoms with Gasteiger partial charge < -0.3 is 5.11 Å². The van der Waals surface area contributed by atoms with Gasteiger partial charge in [-0.3, -0.25) is 0 Å². The molecule has 0 radical (unpaired) electrons. The molecule has 0 aromatic carbocycles. The van der Waals surface area contributed by atoms with Crippen LogP contribution >= 0.6 is 0 Å². The molecule has 1 aliphatic rings. The first-order valence-electron chi connectivity index (χ1n) is 4.23. The van der Waals surface area contributed by atoms with Gasteiger partial charge in [-0.2, -0.15) is 17.4 Å². The van der Waals surface area contributed by atoms with Crippen LogP contribution in [-0.2, 0) is 10.2 Å². The maximum atomic E-state index is 11.4. The molecule has 0 unspecified atom stereocenters. The highest BCUT2D eigenvalue weighted by Crippen LogP contribution is 2.22. The molecule has 0 bridgehead atoms. The molecule has 1 fully saturated rings. The van der Waals surface area contributed by atoms with E-state index in [0.29, 0.717) is 0 Å². The molecule has 0 aromatic heterocycles. The monoisotopic (exact) mass is 208 g/mol. The molecule has 1 saturated heterocycles. The zero-order chi connectivity index (χ0) is 10.3. The van der Waals surface area contributed by atoms with Crippen molar-refractivity contribution in [1.29, 1.82) is 0 Å². The van der Waals surface area contributed by atoms with Gasteiger partial charge in [-0.15, -0.1) is 0 Å². The van der Waals surface area contributed by atoms with Crippen molar-refractivity contribution in [2.75, 3.05) is 13.1 Å². The summed E-state index contributed by atoms with van der Waals surface area (Å²) in [4.78, 5) is 0. The van der Waals surface area contributed by atoms with Crippen molar-refractivity contribution in [3.05, 3.63) is 0 Å². The second kappa shape index (κ2) is 3.20. The molecule has 5 nitrogen and oxygen atoms in total. The number of hydrogen-bond donors (Lipinski definition) is 2. The SMILES string of the molecule is CC(C)NS(=O)(=O)N1CC(C)(O)C1. The fourth-order valence-corrected chi connectivity index (χ4v) is 2.90. The Balaban J connectivity index is 2.55. The van der Waals surface area contributed by atoms with Crippen LogP contribution in [0, 0.1) is 0 Å². The Morgan fingerprint density at radius 2 is 1.92 bits per heavy atom. The summed E-state index contributed by atoms with van der Waals surface area (Å²) in [6.07, 6.45) is 0.